The smallest absolute Gasteiger partial charge is 0.169 e. The number of nitrogens with zero attached hydrogens (tertiary/aromatic N) is 6. The second-order valence-electron chi connectivity index (χ2n) is 8.34. The van der Waals surface area contributed by atoms with Crippen LogP contribution in [0.5, 0.6) is 0 Å². The molecule has 156 valence electrons. The molecule has 2 aliphatic rings. The van der Waals surface area contributed by atoms with Crippen molar-refractivity contribution < 1.29 is 4.74 Å². The fourth-order valence-electron chi connectivity index (χ4n) is 4.85. The van der Waals surface area contributed by atoms with E-state index in [1.54, 1.807) is 10.9 Å². The quantitative estimate of drug-likeness (QED) is 0.686. The SMILES string of the molecule is C[C@@H]1COCCN1c1cc(C2(C#N)CCCCC2)c2c(N)nn(-c3ccn[nH]3)c2n1. The Morgan fingerprint density at radius 3 is 2.87 bits per heavy atom. The molecule has 1 atom stereocenters. The van der Waals surface area contributed by atoms with E-state index < -0.39 is 5.41 Å². The van der Waals surface area contributed by atoms with Gasteiger partial charge in [0.15, 0.2) is 17.3 Å². The molecule has 1 saturated heterocycles. The highest BCUT2D eigenvalue weighted by atomic mass is 16.5. The summed E-state index contributed by atoms with van der Waals surface area (Å²) in [4.78, 5) is 7.23. The topological polar surface area (TPSA) is 122 Å². The van der Waals surface area contributed by atoms with Crippen LogP contribution in [0.15, 0.2) is 18.3 Å². The van der Waals surface area contributed by atoms with Crippen molar-refractivity contribution in [1.29, 1.82) is 5.26 Å². The summed E-state index contributed by atoms with van der Waals surface area (Å²) in [5, 5.41) is 22.6. The highest BCUT2D eigenvalue weighted by Gasteiger charge is 2.38. The van der Waals surface area contributed by atoms with Gasteiger partial charge in [0.1, 0.15) is 5.82 Å². The first-order valence-corrected chi connectivity index (χ1v) is 10.6. The summed E-state index contributed by atoms with van der Waals surface area (Å²) in [5.41, 5.74) is 7.45. The third-order valence-corrected chi connectivity index (χ3v) is 6.46. The summed E-state index contributed by atoms with van der Waals surface area (Å²) in [6.07, 6.45) is 6.56. The highest BCUT2D eigenvalue weighted by Crippen LogP contribution is 2.44. The molecule has 0 amide bonds. The highest BCUT2D eigenvalue weighted by molar-refractivity contribution is 5.93. The lowest BCUT2D eigenvalue weighted by Gasteiger charge is -2.36. The second-order valence-corrected chi connectivity index (χ2v) is 8.34. The molecule has 1 aliphatic carbocycles. The largest absolute Gasteiger partial charge is 0.382 e. The van der Waals surface area contributed by atoms with E-state index in [1.165, 1.54) is 0 Å². The molecule has 30 heavy (non-hydrogen) atoms. The van der Waals surface area contributed by atoms with Gasteiger partial charge in [-0.25, -0.2) is 4.98 Å². The number of morpholine rings is 1. The van der Waals surface area contributed by atoms with Gasteiger partial charge in [-0.05, 0) is 31.4 Å². The molecule has 3 aromatic heterocycles. The molecule has 4 heterocycles. The van der Waals surface area contributed by atoms with Crippen LogP contribution in [0.3, 0.4) is 0 Å². The van der Waals surface area contributed by atoms with E-state index in [-0.39, 0.29) is 6.04 Å². The maximum absolute atomic E-state index is 10.3. The summed E-state index contributed by atoms with van der Waals surface area (Å²) in [6.45, 7) is 4.20. The third kappa shape index (κ3) is 2.91. The molecule has 5 rings (SSSR count). The first-order valence-electron chi connectivity index (χ1n) is 10.6. The number of anilines is 2. The van der Waals surface area contributed by atoms with Crippen LogP contribution < -0.4 is 10.6 Å². The Balaban J connectivity index is 1.78. The molecular formula is C21H26N8O. The van der Waals surface area contributed by atoms with Gasteiger partial charge in [0.2, 0.25) is 0 Å². The number of ether oxygens (including phenoxy) is 1. The lowest BCUT2D eigenvalue weighted by Crippen LogP contribution is -2.44. The van der Waals surface area contributed by atoms with Gasteiger partial charge in [0.05, 0.1) is 42.3 Å². The van der Waals surface area contributed by atoms with Crippen molar-refractivity contribution >= 4 is 22.7 Å². The predicted octanol–water partition coefficient (Wildman–Crippen LogP) is 2.68. The molecule has 0 bridgehead atoms. The van der Waals surface area contributed by atoms with Gasteiger partial charge in [-0.3, -0.25) is 5.10 Å². The summed E-state index contributed by atoms with van der Waals surface area (Å²) in [6, 6.07) is 6.76. The third-order valence-electron chi connectivity index (χ3n) is 6.46. The van der Waals surface area contributed by atoms with Crippen LogP contribution in [0.1, 0.15) is 44.6 Å². The van der Waals surface area contributed by atoms with E-state index in [2.05, 4.69) is 39.3 Å². The number of hydrogen-bond acceptors (Lipinski definition) is 7. The molecule has 9 nitrogen and oxygen atoms in total. The second kappa shape index (κ2) is 7.29. The van der Waals surface area contributed by atoms with Crippen molar-refractivity contribution in [2.45, 2.75) is 50.5 Å². The summed E-state index contributed by atoms with van der Waals surface area (Å²) in [7, 11) is 0. The first-order chi connectivity index (χ1) is 14.6. The van der Waals surface area contributed by atoms with E-state index >= 15 is 0 Å². The standard InChI is InChI=1S/C21H26N8O/c1-14-12-30-10-9-28(14)17-11-15(21(13-22)6-3-2-4-7-21)18-19(23)27-29(20(18)25-17)16-5-8-24-26-16/h5,8,11,14H,2-4,6-7,9-10,12H2,1H3,(H2,23,27)(H,24,26)/t14-/m1/s1. The van der Waals surface area contributed by atoms with Gasteiger partial charge in [-0.1, -0.05) is 19.3 Å². The van der Waals surface area contributed by atoms with Crippen molar-refractivity contribution in [3.63, 3.8) is 0 Å². The van der Waals surface area contributed by atoms with E-state index in [4.69, 9.17) is 15.5 Å². The minimum absolute atomic E-state index is 0.196. The number of aromatic amines is 1. The normalized spacial score (nSPS) is 21.6. The monoisotopic (exact) mass is 406 g/mol. The van der Waals surface area contributed by atoms with E-state index in [1.807, 2.05) is 6.07 Å². The molecule has 3 aromatic rings. The first kappa shape index (κ1) is 18.9. The Morgan fingerprint density at radius 1 is 1.33 bits per heavy atom. The number of aromatic nitrogens is 5. The zero-order valence-electron chi connectivity index (χ0n) is 17.1. The van der Waals surface area contributed by atoms with Gasteiger partial charge in [0.25, 0.3) is 0 Å². The Labute approximate surface area is 174 Å². The Hall–Kier alpha value is -3.12. The number of nitrogen functional groups attached to an aromatic ring is 1. The van der Waals surface area contributed by atoms with E-state index in [9.17, 15) is 5.26 Å². The number of H-pyrrole nitrogens is 1. The molecule has 2 fully saturated rings. The van der Waals surface area contributed by atoms with Crippen LogP contribution in [-0.4, -0.2) is 50.8 Å². The Morgan fingerprint density at radius 2 is 2.17 bits per heavy atom. The van der Waals surface area contributed by atoms with Crippen LogP contribution in [0.2, 0.25) is 0 Å². The molecule has 0 aromatic carbocycles. The zero-order valence-corrected chi connectivity index (χ0v) is 17.1. The number of hydrogen-bond donors (Lipinski definition) is 2. The van der Waals surface area contributed by atoms with Crippen LogP contribution in [0.25, 0.3) is 16.9 Å². The molecule has 1 saturated carbocycles. The van der Waals surface area contributed by atoms with Gasteiger partial charge in [0, 0.05) is 12.6 Å². The van der Waals surface area contributed by atoms with Crippen molar-refractivity contribution in [1.82, 2.24) is 25.0 Å². The molecule has 1 aliphatic heterocycles. The van der Waals surface area contributed by atoms with Gasteiger partial charge in [-0.2, -0.15) is 15.0 Å². The van der Waals surface area contributed by atoms with Gasteiger partial charge < -0.3 is 15.4 Å². The zero-order chi connectivity index (χ0) is 20.7. The molecule has 9 heteroatoms. The minimum Gasteiger partial charge on any atom is -0.382 e. The number of nitrogens with one attached hydrogen (secondary N) is 1. The molecule has 0 spiro atoms. The van der Waals surface area contributed by atoms with E-state index in [0.717, 1.165) is 55.4 Å². The lowest BCUT2D eigenvalue weighted by molar-refractivity contribution is 0.0985. The number of nitrogens with two attached hydrogens (primary N) is 1. The van der Waals surface area contributed by atoms with Crippen molar-refractivity contribution in [3.05, 3.63) is 23.9 Å². The summed E-state index contributed by atoms with van der Waals surface area (Å²) in [5.74, 6) is 1.93. The summed E-state index contributed by atoms with van der Waals surface area (Å²) >= 11 is 0. The number of fused-ring (bicyclic) bond motifs is 1. The Kier molecular flexibility index (Phi) is 4.59. The lowest BCUT2D eigenvalue weighted by atomic mass is 9.70. The van der Waals surface area contributed by atoms with Crippen LogP contribution in [0.4, 0.5) is 11.6 Å². The average Bonchev–Trinajstić information content (AvgIpc) is 3.42. The average molecular weight is 406 g/mol. The fourth-order valence-corrected chi connectivity index (χ4v) is 4.85. The maximum atomic E-state index is 10.3. The molecule has 3 N–H and O–H groups in total. The molecular weight excluding hydrogens is 380 g/mol. The Bertz CT molecular complexity index is 1090. The molecule has 0 radical (unpaired) electrons. The predicted molar refractivity (Wildman–Crippen MR) is 113 cm³/mol. The van der Waals surface area contributed by atoms with E-state index in [0.29, 0.717) is 30.5 Å². The number of pyridine rings is 1. The van der Waals surface area contributed by atoms with Crippen LogP contribution in [-0.2, 0) is 10.2 Å². The van der Waals surface area contributed by atoms with Crippen molar-refractivity contribution in [3.8, 4) is 11.9 Å². The maximum Gasteiger partial charge on any atom is 0.169 e. The molecule has 0 unspecified atom stereocenters. The van der Waals surface area contributed by atoms with Gasteiger partial charge >= 0.3 is 0 Å². The van der Waals surface area contributed by atoms with Crippen molar-refractivity contribution in [2.75, 3.05) is 30.4 Å². The van der Waals surface area contributed by atoms with Crippen molar-refractivity contribution in [2.24, 2.45) is 0 Å². The minimum atomic E-state index is -0.570. The van der Waals surface area contributed by atoms with Gasteiger partial charge in [-0.15, -0.1) is 5.10 Å². The fraction of sp³-hybridized carbons (Fsp3) is 0.524. The summed E-state index contributed by atoms with van der Waals surface area (Å²) < 4.78 is 7.32. The van der Waals surface area contributed by atoms with Crippen LogP contribution >= 0.6 is 0 Å². The van der Waals surface area contributed by atoms with Crippen LogP contribution in [0, 0.1) is 11.3 Å². The number of nitriles is 1. The number of rotatable bonds is 3.